The Morgan fingerprint density at radius 2 is 1.96 bits per heavy atom. The van der Waals surface area contributed by atoms with Gasteiger partial charge in [0.15, 0.2) is 0 Å². The Labute approximate surface area is 144 Å². The summed E-state index contributed by atoms with van der Waals surface area (Å²) < 4.78 is 2.25. The fourth-order valence-corrected chi connectivity index (χ4v) is 3.40. The van der Waals surface area contributed by atoms with Gasteiger partial charge in [0, 0.05) is 51.2 Å². The third-order valence-electron chi connectivity index (χ3n) is 4.95. The summed E-state index contributed by atoms with van der Waals surface area (Å²) in [5, 5.41) is 8.63. The number of piperazine rings is 1. The summed E-state index contributed by atoms with van der Waals surface area (Å²) >= 11 is 0. The first-order valence-electron chi connectivity index (χ1n) is 8.94. The van der Waals surface area contributed by atoms with E-state index in [0.29, 0.717) is 6.04 Å². The molecule has 130 valence electrons. The topological polar surface area (TPSA) is 50.1 Å². The van der Waals surface area contributed by atoms with Crippen LogP contribution in [0, 0.1) is 6.92 Å². The van der Waals surface area contributed by atoms with Crippen LogP contribution in [0.1, 0.15) is 43.5 Å². The molecule has 0 aliphatic carbocycles. The van der Waals surface area contributed by atoms with Crippen molar-refractivity contribution in [1.82, 2.24) is 29.5 Å². The van der Waals surface area contributed by atoms with Crippen molar-refractivity contribution in [3.8, 4) is 0 Å². The standard InChI is InChI=1S/C18H28N6/c1-4-8-24-16(3)20-21-18(24)14-22-9-11-23(12-10-22)15(2)17-6-5-7-19-13-17/h5-7,13,15H,4,8-12,14H2,1-3H3. The zero-order valence-electron chi connectivity index (χ0n) is 15.0. The van der Waals surface area contributed by atoms with Crippen LogP contribution >= 0.6 is 0 Å². The fourth-order valence-electron chi connectivity index (χ4n) is 3.40. The van der Waals surface area contributed by atoms with E-state index in [2.05, 4.69) is 49.5 Å². The normalized spacial score (nSPS) is 18.0. The molecule has 1 aliphatic rings. The Morgan fingerprint density at radius 1 is 1.17 bits per heavy atom. The minimum atomic E-state index is 0.423. The molecule has 2 aromatic rings. The van der Waals surface area contributed by atoms with Gasteiger partial charge in [-0.25, -0.2) is 0 Å². The van der Waals surface area contributed by atoms with Crippen LogP contribution in [0.4, 0.5) is 0 Å². The molecule has 0 amide bonds. The first-order chi connectivity index (χ1) is 11.7. The lowest BCUT2D eigenvalue weighted by Gasteiger charge is -2.38. The van der Waals surface area contributed by atoms with E-state index in [1.54, 1.807) is 0 Å². The van der Waals surface area contributed by atoms with Crippen molar-refractivity contribution < 1.29 is 0 Å². The summed E-state index contributed by atoms with van der Waals surface area (Å²) in [5.74, 6) is 2.12. The Balaban J connectivity index is 1.56. The summed E-state index contributed by atoms with van der Waals surface area (Å²) in [6.45, 7) is 12.7. The van der Waals surface area contributed by atoms with Gasteiger partial charge in [0.25, 0.3) is 0 Å². The van der Waals surface area contributed by atoms with E-state index in [1.807, 2.05) is 25.4 Å². The second kappa shape index (κ2) is 7.85. The minimum Gasteiger partial charge on any atom is -0.314 e. The maximum absolute atomic E-state index is 4.38. The fraction of sp³-hybridized carbons (Fsp3) is 0.611. The zero-order chi connectivity index (χ0) is 16.9. The second-order valence-corrected chi connectivity index (χ2v) is 6.59. The number of rotatable bonds is 6. The first-order valence-corrected chi connectivity index (χ1v) is 8.94. The summed E-state index contributed by atoms with van der Waals surface area (Å²) in [6, 6.07) is 4.61. The lowest BCUT2D eigenvalue weighted by atomic mass is 10.1. The van der Waals surface area contributed by atoms with Gasteiger partial charge < -0.3 is 4.57 Å². The smallest absolute Gasteiger partial charge is 0.147 e. The highest BCUT2D eigenvalue weighted by atomic mass is 15.3. The third-order valence-corrected chi connectivity index (χ3v) is 4.95. The first kappa shape index (κ1) is 17.0. The SMILES string of the molecule is CCCn1c(C)nnc1CN1CCN(C(C)c2cccnc2)CC1. The molecule has 0 bridgehead atoms. The molecular weight excluding hydrogens is 300 g/mol. The van der Waals surface area contributed by atoms with Crippen LogP contribution in [-0.2, 0) is 13.1 Å². The van der Waals surface area contributed by atoms with Gasteiger partial charge in [0.2, 0.25) is 0 Å². The van der Waals surface area contributed by atoms with Crippen molar-refractivity contribution in [2.75, 3.05) is 26.2 Å². The zero-order valence-corrected chi connectivity index (χ0v) is 15.0. The van der Waals surface area contributed by atoms with Gasteiger partial charge in [0.05, 0.1) is 6.54 Å². The molecule has 0 N–H and O–H groups in total. The Hall–Kier alpha value is -1.79. The molecular formula is C18H28N6. The lowest BCUT2D eigenvalue weighted by molar-refractivity contribution is 0.0952. The molecule has 0 aromatic carbocycles. The molecule has 0 saturated carbocycles. The van der Waals surface area contributed by atoms with Gasteiger partial charge >= 0.3 is 0 Å². The highest BCUT2D eigenvalue weighted by molar-refractivity contribution is 5.13. The van der Waals surface area contributed by atoms with Crippen LogP contribution in [0.5, 0.6) is 0 Å². The second-order valence-electron chi connectivity index (χ2n) is 6.59. The number of nitrogens with zero attached hydrogens (tertiary/aromatic N) is 6. The van der Waals surface area contributed by atoms with Crippen LogP contribution in [-0.4, -0.2) is 55.7 Å². The molecule has 24 heavy (non-hydrogen) atoms. The van der Waals surface area contributed by atoms with Crippen molar-refractivity contribution in [3.05, 3.63) is 41.7 Å². The van der Waals surface area contributed by atoms with E-state index in [1.165, 1.54) is 5.56 Å². The lowest BCUT2D eigenvalue weighted by Crippen LogP contribution is -2.46. The molecule has 1 aliphatic heterocycles. The van der Waals surface area contributed by atoms with Crippen molar-refractivity contribution in [1.29, 1.82) is 0 Å². The van der Waals surface area contributed by atoms with Gasteiger partial charge in [-0.05, 0) is 31.9 Å². The minimum absolute atomic E-state index is 0.423. The summed E-state index contributed by atoms with van der Waals surface area (Å²) in [7, 11) is 0. The Bertz CT molecular complexity index is 630. The Kier molecular flexibility index (Phi) is 5.58. The van der Waals surface area contributed by atoms with E-state index in [0.717, 1.165) is 57.3 Å². The Morgan fingerprint density at radius 3 is 2.62 bits per heavy atom. The van der Waals surface area contributed by atoms with Crippen LogP contribution in [0.15, 0.2) is 24.5 Å². The maximum Gasteiger partial charge on any atom is 0.147 e. The molecule has 6 nitrogen and oxygen atoms in total. The third kappa shape index (κ3) is 3.82. The van der Waals surface area contributed by atoms with Crippen LogP contribution in [0.2, 0.25) is 0 Å². The molecule has 1 unspecified atom stereocenters. The summed E-state index contributed by atoms with van der Waals surface area (Å²) in [5.41, 5.74) is 1.30. The molecule has 0 spiro atoms. The highest BCUT2D eigenvalue weighted by Gasteiger charge is 2.23. The average Bonchev–Trinajstić information content (AvgIpc) is 2.96. The van der Waals surface area contributed by atoms with E-state index in [9.17, 15) is 0 Å². The number of aromatic nitrogens is 4. The molecule has 3 rings (SSSR count). The monoisotopic (exact) mass is 328 g/mol. The number of aryl methyl sites for hydroxylation is 1. The maximum atomic E-state index is 4.38. The van der Waals surface area contributed by atoms with Crippen LogP contribution in [0.25, 0.3) is 0 Å². The molecule has 2 aromatic heterocycles. The largest absolute Gasteiger partial charge is 0.314 e. The van der Waals surface area contributed by atoms with E-state index in [-0.39, 0.29) is 0 Å². The van der Waals surface area contributed by atoms with E-state index >= 15 is 0 Å². The predicted octanol–water partition coefficient (Wildman–Crippen LogP) is 2.27. The summed E-state index contributed by atoms with van der Waals surface area (Å²) in [6.07, 6.45) is 4.93. The van der Waals surface area contributed by atoms with E-state index < -0.39 is 0 Å². The average molecular weight is 328 g/mol. The van der Waals surface area contributed by atoms with E-state index in [4.69, 9.17) is 0 Å². The van der Waals surface area contributed by atoms with Gasteiger partial charge in [0.1, 0.15) is 11.6 Å². The van der Waals surface area contributed by atoms with Gasteiger partial charge in [-0.2, -0.15) is 0 Å². The van der Waals surface area contributed by atoms with Gasteiger partial charge in [-0.15, -0.1) is 10.2 Å². The molecule has 0 radical (unpaired) electrons. The van der Waals surface area contributed by atoms with Crippen molar-refractivity contribution in [3.63, 3.8) is 0 Å². The number of pyridine rings is 1. The van der Waals surface area contributed by atoms with Gasteiger partial charge in [-0.1, -0.05) is 13.0 Å². The van der Waals surface area contributed by atoms with Crippen LogP contribution in [0.3, 0.4) is 0 Å². The summed E-state index contributed by atoms with van der Waals surface area (Å²) in [4.78, 5) is 9.27. The van der Waals surface area contributed by atoms with Crippen molar-refractivity contribution >= 4 is 0 Å². The molecule has 1 fully saturated rings. The van der Waals surface area contributed by atoms with Crippen molar-refractivity contribution in [2.45, 2.75) is 46.3 Å². The van der Waals surface area contributed by atoms with Crippen molar-refractivity contribution in [2.24, 2.45) is 0 Å². The predicted molar refractivity (Wildman–Crippen MR) is 94.6 cm³/mol. The number of hydrogen-bond donors (Lipinski definition) is 0. The van der Waals surface area contributed by atoms with Gasteiger partial charge in [-0.3, -0.25) is 14.8 Å². The molecule has 6 heteroatoms. The molecule has 1 atom stereocenters. The quantitative estimate of drug-likeness (QED) is 0.814. The number of hydrogen-bond acceptors (Lipinski definition) is 5. The van der Waals surface area contributed by atoms with Crippen LogP contribution < -0.4 is 0 Å². The molecule has 3 heterocycles. The molecule has 1 saturated heterocycles. The highest BCUT2D eigenvalue weighted by Crippen LogP contribution is 2.21.